The van der Waals surface area contributed by atoms with Gasteiger partial charge in [-0.15, -0.1) is 0 Å². The van der Waals surface area contributed by atoms with E-state index in [0.29, 0.717) is 5.69 Å². The van der Waals surface area contributed by atoms with Crippen LogP contribution in [-0.2, 0) is 23.2 Å². The Kier molecular flexibility index (Phi) is 6.54. The van der Waals surface area contributed by atoms with E-state index in [0.717, 1.165) is 5.56 Å². The fraction of sp³-hybridized carbons (Fsp3) is 0.562. The molecule has 24 heavy (non-hydrogen) atoms. The van der Waals surface area contributed by atoms with Gasteiger partial charge in [-0.05, 0) is 32.9 Å². The molecule has 8 heteroatoms. The summed E-state index contributed by atoms with van der Waals surface area (Å²) in [6.45, 7) is 6.01. The van der Waals surface area contributed by atoms with Crippen LogP contribution in [0.5, 0.6) is 0 Å². The minimum Gasteiger partial charge on any atom is -0.324 e. The summed E-state index contributed by atoms with van der Waals surface area (Å²) >= 11 is 0. The van der Waals surface area contributed by atoms with Gasteiger partial charge in [0, 0.05) is 19.2 Å². The molecule has 1 fully saturated rings. The third-order valence-electron chi connectivity index (χ3n) is 3.73. The molecular formula is C16H25N2O5P. The van der Waals surface area contributed by atoms with Crippen molar-refractivity contribution in [3.8, 4) is 0 Å². The molecule has 0 unspecified atom stereocenters. The van der Waals surface area contributed by atoms with Gasteiger partial charge >= 0.3 is 7.60 Å². The largest absolute Gasteiger partial charge is 0.350 e. The van der Waals surface area contributed by atoms with Crippen molar-refractivity contribution in [1.29, 1.82) is 0 Å². The summed E-state index contributed by atoms with van der Waals surface area (Å²) in [5.74, 6) is -0.890. The van der Waals surface area contributed by atoms with Crippen molar-refractivity contribution in [2.24, 2.45) is 0 Å². The van der Waals surface area contributed by atoms with Crippen LogP contribution in [0.25, 0.3) is 0 Å². The number of aryl methyl sites for hydroxylation is 1. The zero-order chi connectivity index (χ0) is 17.7. The van der Waals surface area contributed by atoms with E-state index in [-0.39, 0.29) is 25.5 Å². The van der Waals surface area contributed by atoms with Crippen LogP contribution in [0.3, 0.4) is 0 Å². The molecule has 0 aliphatic carbocycles. The zero-order valence-corrected chi connectivity index (χ0v) is 15.4. The highest BCUT2D eigenvalue weighted by Gasteiger charge is 2.48. The van der Waals surface area contributed by atoms with Crippen LogP contribution < -0.4 is 5.32 Å². The fourth-order valence-corrected chi connectivity index (χ4v) is 4.61. The molecule has 0 spiro atoms. The Labute approximate surface area is 142 Å². The van der Waals surface area contributed by atoms with Crippen LogP contribution in [0.1, 0.15) is 25.8 Å². The number of carbonyl (C=O) groups is 1. The van der Waals surface area contributed by atoms with Gasteiger partial charge < -0.3 is 14.4 Å². The lowest BCUT2D eigenvalue weighted by Crippen LogP contribution is -2.28. The molecule has 134 valence electrons. The first-order chi connectivity index (χ1) is 11.4. The SMILES string of the molecule is CCOP(=O)(OCC)[C@@H]1C[C@H](C(=O)Nc2ccc(C)cc2)ON1C. The number of hydrogen-bond donors (Lipinski definition) is 1. The summed E-state index contributed by atoms with van der Waals surface area (Å²) in [6.07, 6.45) is -0.499. The molecule has 1 saturated heterocycles. The molecule has 1 amide bonds. The number of hydroxylamine groups is 2. The van der Waals surface area contributed by atoms with Gasteiger partial charge in [-0.1, -0.05) is 17.7 Å². The number of nitrogens with zero attached hydrogens (tertiary/aromatic N) is 1. The predicted octanol–water partition coefficient (Wildman–Crippen LogP) is 3.16. The lowest BCUT2D eigenvalue weighted by atomic mass is 10.2. The number of benzene rings is 1. The van der Waals surface area contributed by atoms with E-state index in [1.807, 2.05) is 31.2 Å². The van der Waals surface area contributed by atoms with E-state index in [1.54, 1.807) is 20.9 Å². The molecule has 1 N–H and O–H groups in total. The first-order valence-electron chi connectivity index (χ1n) is 8.05. The Morgan fingerprint density at radius 2 is 1.88 bits per heavy atom. The number of carbonyl (C=O) groups excluding carboxylic acids is 1. The Hall–Kier alpha value is -1.24. The molecule has 0 aromatic heterocycles. The predicted molar refractivity (Wildman–Crippen MR) is 91.7 cm³/mol. The van der Waals surface area contributed by atoms with E-state index in [9.17, 15) is 9.36 Å². The van der Waals surface area contributed by atoms with E-state index in [2.05, 4.69) is 5.32 Å². The Balaban J connectivity index is 2.04. The van der Waals surface area contributed by atoms with Crippen LogP contribution in [0.4, 0.5) is 5.69 Å². The van der Waals surface area contributed by atoms with Crippen LogP contribution in [0.15, 0.2) is 24.3 Å². The minimum absolute atomic E-state index is 0.242. The molecule has 7 nitrogen and oxygen atoms in total. The van der Waals surface area contributed by atoms with Crippen molar-refractivity contribution in [3.05, 3.63) is 29.8 Å². The maximum atomic E-state index is 12.9. The van der Waals surface area contributed by atoms with E-state index < -0.39 is 19.5 Å². The van der Waals surface area contributed by atoms with Crippen LogP contribution in [0.2, 0.25) is 0 Å². The highest BCUT2D eigenvalue weighted by atomic mass is 31.2. The Bertz CT molecular complexity index is 597. The summed E-state index contributed by atoms with van der Waals surface area (Å²) < 4.78 is 23.6. The minimum atomic E-state index is -3.37. The molecule has 1 aliphatic rings. The lowest BCUT2D eigenvalue weighted by Gasteiger charge is -2.25. The number of hydrogen-bond acceptors (Lipinski definition) is 6. The van der Waals surface area contributed by atoms with Gasteiger partial charge in [0.25, 0.3) is 5.91 Å². The molecule has 0 radical (unpaired) electrons. The van der Waals surface area contributed by atoms with Gasteiger partial charge in [0.05, 0.1) is 13.2 Å². The topological polar surface area (TPSA) is 77.1 Å². The van der Waals surface area contributed by atoms with Crippen molar-refractivity contribution in [3.63, 3.8) is 0 Å². The van der Waals surface area contributed by atoms with Gasteiger partial charge in [-0.3, -0.25) is 14.2 Å². The van der Waals surface area contributed by atoms with Crippen molar-refractivity contribution < 1.29 is 23.2 Å². The standard InChI is InChI=1S/C16H25N2O5P/c1-5-21-24(20,22-6-2)15-11-14(23-18(15)4)16(19)17-13-9-7-12(3)8-10-13/h7-10,14-15H,5-6,11H2,1-4H3,(H,17,19)/t14-,15-/m1/s1. The van der Waals surface area contributed by atoms with E-state index in [1.165, 1.54) is 5.06 Å². The molecule has 2 rings (SSSR count). The lowest BCUT2D eigenvalue weighted by molar-refractivity contribution is -0.155. The summed E-state index contributed by atoms with van der Waals surface area (Å²) in [5, 5.41) is 4.21. The maximum Gasteiger partial charge on any atom is 0.350 e. The summed E-state index contributed by atoms with van der Waals surface area (Å²) in [5.41, 5.74) is 1.80. The molecule has 2 atom stereocenters. The number of nitrogens with one attached hydrogen (secondary N) is 1. The summed E-state index contributed by atoms with van der Waals surface area (Å²) in [4.78, 5) is 18.0. The average Bonchev–Trinajstić information content (AvgIpc) is 2.93. The van der Waals surface area contributed by atoms with Crippen molar-refractivity contribution in [2.45, 2.75) is 39.1 Å². The van der Waals surface area contributed by atoms with Crippen molar-refractivity contribution in [1.82, 2.24) is 5.06 Å². The van der Waals surface area contributed by atoms with Gasteiger partial charge in [0.2, 0.25) is 0 Å². The second kappa shape index (κ2) is 8.23. The van der Waals surface area contributed by atoms with Gasteiger partial charge in [-0.25, -0.2) is 0 Å². The van der Waals surface area contributed by atoms with E-state index in [4.69, 9.17) is 13.9 Å². The van der Waals surface area contributed by atoms with Gasteiger partial charge in [0.1, 0.15) is 5.78 Å². The Morgan fingerprint density at radius 3 is 2.42 bits per heavy atom. The summed E-state index contributed by atoms with van der Waals surface area (Å²) in [7, 11) is -1.73. The number of anilines is 1. The highest BCUT2D eigenvalue weighted by Crippen LogP contribution is 2.57. The second-order valence-electron chi connectivity index (χ2n) is 5.59. The van der Waals surface area contributed by atoms with Crippen LogP contribution in [-0.4, -0.2) is 43.1 Å². The summed E-state index contributed by atoms with van der Waals surface area (Å²) in [6, 6.07) is 7.49. The zero-order valence-electron chi connectivity index (χ0n) is 14.5. The van der Waals surface area contributed by atoms with Crippen molar-refractivity contribution in [2.75, 3.05) is 25.6 Å². The average molecular weight is 356 g/mol. The van der Waals surface area contributed by atoms with Gasteiger partial charge in [-0.2, -0.15) is 5.06 Å². The highest BCUT2D eigenvalue weighted by molar-refractivity contribution is 7.54. The molecule has 0 saturated carbocycles. The first kappa shape index (κ1) is 19.1. The molecule has 1 aromatic rings. The quantitative estimate of drug-likeness (QED) is 0.756. The normalized spacial score (nSPS) is 21.8. The molecular weight excluding hydrogens is 331 g/mol. The van der Waals surface area contributed by atoms with Crippen LogP contribution >= 0.6 is 7.60 Å². The van der Waals surface area contributed by atoms with Crippen molar-refractivity contribution >= 4 is 19.2 Å². The fourth-order valence-electron chi connectivity index (χ4n) is 2.57. The van der Waals surface area contributed by atoms with Gasteiger partial charge in [0.15, 0.2) is 6.10 Å². The Morgan fingerprint density at radius 1 is 1.29 bits per heavy atom. The maximum absolute atomic E-state index is 12.9. The third-order valence-corrected chi connectivity index (χ3v) is 6.24. The van der Waals surface area contributed by atoms with E-state index >= 15 is 0 Å². The first-order valence-corrected chi connectivity index (χ1v) is 9.66. The molecule has 1 aromatic carbocycles. The van der Waals surface area contributed by atoms with Crippen LogP contribution in [0, 0.1) is 6.92 Å². The second-order valence-corrected chi connectivity index (χ2v) is 7.78. The number of rotatable bonds is 7. The molecule has 1 heterocycles. The third kappa shape index (κ3) is 4.43. The molecule has 1 aliphatic heterocycles. The molecule has 0 bridgehead atoms. The monoisotopic (exact) mass is 356 g/mol. The number of amides is 1. The smallest absolute Gasteiger partial charge is 0.324 e.